The van der Waals surface area contributed by atoms with E-state index in [1.165, 1.54) is 0 Å². The molecule has 0 aromatic carbocycles. The lowest BCUT2D eigenvalue weighted by Crippen LogP contribution is -2.35. The van der Waals surface area contributed by atoms with E-state index in [-0.39, 0.29) is 5.91 Å². The average Bonchev–Trinajstić information content (AvgIpc) is 2.67. The standard InChI is InChI=1S/C10H17N3OS/c1-8(2)3-13-10(14)6-11-4-9-5-12-7-15-9/h5,7-8,11H,3-4,6H2,1-2H3,(H,13,14). The maximum Gasteiger partial charge on any atom is 0.233 e. The molecule has 0 radical (unpaired) electrons. The molecule has 1 amide bonds. The Morgan fingerprint density at radius 1 is 1.60 bits per heavy atom. The van der Waals surface area contributed by atoms with Gasteiger partial charge in [-0.25, -0.2) is 0 Å². The first-order valence-electron chi connectivity index (χ1n) is 5.03. The van der Waals surface area contributed by atoms with Gasteiger partial charge in [0.05, 0.1) is 12.1 Å². The summed E-state index contributed by atoms with van der Waals surface area (Å²) in [5, 5.41) is 5.92. The summed E-state index contributed by atoms with van der Waals surface area (Å²) in [6, 6.07) is 0. The maximum atomic E-state index is 11.3. The molecule has 0 saturated carbocycles. The molecule has 15 heavy (non-hydrogen) atoms. The molecular formula is C10H17N3OS. The van der Waals surface area contributed by atoms with E-state index >= 15 is 0 Å². The highest BCUT2D eigenvalue weighted by atomic mass is 32.1. The van der Waals surface area contributed by atoms with Crippen molar-refractivity contribution in [1.82, 2.24) is 15.6 Å². The third kappa shape index (κ3) is 5.49. The normalized spacial score (nSPS) is 10.6. The van der Waals surface area contributed by atoms with E-state index in [2.05, 4.69) is 29.5 Å². The Morgan fingerprint density at radius 2 is 2.40 bits per heavy atom. The lowest BCUT2D eigenvalue weighted by molar-refractivity contribution is -0.120. The maximum absolute atomic E-state index is 11.3. The summed E-state index contributed by atoms with van der Waals surface area (Å²) >= 11 is 1.59. The molecule has 5 heteroatoms. The minimum atomic E-state index is 0.0493. The van der Waals surface area contributed by atoms with Crippen molar-refractivity contribution in [3.8, 4) is 0 Å². The zero-order chi connectivity index (χ0) is 11.1. The van der Waals surface area contributed by atoms with E-state index in [1.54, 1.807) is 16.8 Å². The van der Waals surface area contributed by atoms with Crippen molar-refractivity contribution in [2.75, 3.05) is 13.1 Å². The summed E-state index contributed by atoms with van der Waals surface area (Å²) in [5.74, 6) is 0.545. The smallest absolute Gasteiger partial charge is 0.233 e. The van der Waals surface area contributed by atoms with Crippen LogP contribution >= 0.6 is 11.3 Å². The second-order valence-corrected chi connectivity index (χ2v) is 4.74. The van der Waals surface area contributed by atoms with Crippen LogP contribution in [0.15, 0.2) is 11.7 Å². The second-order valence-electron chi connectivity index (χ2n) is 3.77. The minimum Gasteiger partial charge on any atom is -0.355 e. The topological polar surface area (TPSA) is 54.0 Å². The number of rotatable bonds is 6. The summed E-state index contributed by atoms with van der Waals surface area (Å²) in [6.45, 7) is 5.96. The first-order valence-corrected chi connectivity index (χ1v) is 5.91. The fourth-order valence-corrected chi connectivity index (χ4v) is 1.57. The van der Waals surface area contributed by atoms with Crippen LogP contribution in [0.1, 0.15) is 18.7 Å². The van der Waals surface area contributed by atoms with Gasteiger partial charge in [0.1, 0.15) is 0 Å². The quantitative estimate of drug-likeness (QED) is 0.762. The number of carbonyl (C=O) groups excluding carboxylic acids is 1. The largest absolute Gasteiger partial charge is 0.355 e. The Bertz CT molecular complexity index is 285. The van der Waals surface area contributed by atoms with Gasteiger partial charge in [0.2, 0.25) is 5.91 Å². The van der Waals surface area contributed by atoms with Gasteiger partial charge in [-0.1, -0.05) is 13.8 Å². The van der Waals surface area contributed by atoms with Crippen molar-refractivity contribution in [1.29, 1.82) is 0 Å². The van der Waals surface area contributed by atoms with Crippen molar-refractivity contribution >= 4 is 17.2 Å². The van der Waals surface area contributed by atoms with Crippen LogP contribution in [0.25, 0.3) is 0 Å². The van der Waals surface area contributed by atoms with Gasteiger partial charge < -0.3 is 10.6 Å². The number of thiazole rings is 1. The number of aromatic nitrogens is 1. The number of amides is 1. The van der Waals surface area contributed by atoms with Crippen LogP contribution in [0.3, 0.4) is 0 Å². The zero-order valence-electron chi connectivity index (χ0n) is 9.12. The highest BCUT2D eigenvalue weighted by molar-refractivity contribution is 7.09. The van der Waals surface area contributed by atoms with Crippen molar-refractivity contribution in [2.45, 2.75) is 20.4 Å². The van der Waals surface area contributed by atoms with Gasteiger partial charge in [0, 0.05) is 24.2 Å². The molecule has 0 bridgehead atoms. The molecule has 0 saturated heterocycles. The van der Waals surface area contributed by atoms with Crippen LogP contribution in [-0.2, 0) is 11.3 Å². The third-order valence-electron chi connectivity index (χ3n) is 1.78. The van der Waals surface area contributed by atoms with Crippen LogP contribution in [0.2, 0.25) is 0 Å². The number of nitrogens with one attached hydrogen (secondary N) is 2. The molecule has 1 rings (SSSR count). The van der Waals surface area contributed by atoms with Gasteiger partial charge in [-0.15, -0.1) is 11.3 Å². The Hall–Kier alpha value is -0.940. The van der Waals surface area contributed by atoms with Crippen LogP contribution < -0.4 is 10.6 Å². The van der Waals surface area contributed by atoms with Gasteiger partial charge in [-0.05, 0) is 5.92 Å². The van der Waals surface area contributed by atoms with Crippen molar-refractivity contribution in [2.24, 2.45) is 5.92 Å². The fraction of sp³-hybridized carbons (Fsp3) is 0.600. The van der Waals surface area contributed by atoms with Gasteiger partial charge in [0.15, 0.2) is 0 Å². The van der Waals surface area contributed by atoms with Gasteiger partial charge in [-0.3, -0.25) is 9.78 Å². The molecule has 84 valence electrons. The van der Waals surface area contributed by atoms with E-state index in [1.807, 2.05) is 6.20 Å². The fourth-order valence-electron chi connectivity index (χ4n) is 1.01. The van der Waals surface area contributed by atoms with Crippen molar-refractivity contribution in [3.05, 3.63) is 16.6 Å². The predicted molar refractivity (Wildman–Crippen MR) is 61.7 cm³/mol. The molecule has 0 unspecified atom stereocenters. The van der Waals surface area contributed by atoms with E-state index in [0.29, 0.717) is 19.0 Å². The highest BCUT2D eigenvalue weighted by Gasteiger charge is 2.01. The molecule has 0 atom stereocenters. The second kappa shape index (κ2) is 6.53. The zero-order valence-corrected chi connectivity index (χ0v) is 9.93. The molecule has 1 aromatic heterocycles. The van der Waals surface area contributed by atoms with Gasteiger partial charge >= 0.3 is 0 Å². The molecule has 1 heterocycles. The molecule has 0 spiro atoms. The summed E-state index contributed by atoms with van der Waals surface area (Å²) in [7, 11) is 0. The van der Waals surface area contributed by atoms with E-state index in [9.17, 15) is 4.79 Å². The molecule has 1 aromatic rings. The Morgan fingerprint density at radius 3 is 3.00 bits per heavy atom. The number of nitrogens with zero attached hydrogens (tertiary/aromatic N) is 1. The number of hydrogen-bond acceptors (Lipinski definition) is 4. The van der Waals surface area contributed by atoms with Crippen molar-refractivity contribution in [3.63, 3.8) is 0 Å². The monoisotopic (exact) mass is 227 g/mol. The number of carbonyl (C=O) groups is 1. The molecule has 0 aliphatic carbocycles. The third-order valence-corrected chi connectivity index (χ3v) is 2.56. The molecular weight excluding hydrogens is 210 g/mol. The van der Waals surface area contributed by atoms with E-state index in [4.69, 9.17) is 0 Å². The average molecular weight is 227 g/mol. The Labute approximate surface area is 94.1 Å². The molecule has 2 N–H and O–H groups in total. The predicted octanol–water partition coefficient (Wildman–Crippen LogP) is 1.00. The Balaban J connectivity index is 2.07. The molecule has 0 fully saturated rings. The molecule has 4 nitrogen and oxygen atoms in total. The highest BCUT2D eigenvalue weighted by Crippen LogP contribution is 2.03. The molecule has 0 aliphatic rings. The van der Waals surface area contributed by atoms with Crippen LogP contribution in [0.4, 0.5) is 0 Å². The SMILES string of the molecule is CC(C)CNC(=O)CNCc1cncs1. The van der Waals surface area contributed by atoms with Crippen LogP contribution in [0, 0.1) is 5.92 Å². The first kappa shape index (κ1) is 12.1. The molecule has 0 aliphatic heterocycles. The van der Waals surface area contributed by atoms with Crippen LogP contribution in [0.5, 0.6) is 0 Å². The summed E-state index contributed by atoms with van der Waals surface area (Å²) in [5.41, 5.74) is 1.79. The van der Waals surface area contributed by atoms with Crippen molar-refractivity contribution < 1.29 is 4.79 Å². The van der Waals surface area contributed by atoms with E-state index < -0.39 is 0 Å². The summed E-state index contributed by atoms with van der Waals surface area (Å²) in [6.07, 6.45) is 1.81. The summed E-state index contributed by atoms with van der Waals surface area (Å²) < 4.78 is 0. The van der Waals surface area contributed by atoms with Crippen LogP contribution in [-0.4, -0.2) is 24.0 Å². The van der Waals surface area contributed by atoms with Gasteiger partial charge in [-0.2, -0.15) is 0 Å². The minimum absolute atomic E-state index is 0.0493. The Kier molecular flexibility index (Phi) is 5.28. The lowest BCUT2D eigenvalue weighted by atomic mass is 10.2. The first-order chi connectivity index (χ1) is 7.18. The van der Waals surface area contributed by atoms with Gasteiger partial charge in [0.25, 0.3) is 0 Å². The number of hydrogen-bond donors (Lipinski definition) is 2. The van der Waals surface area contributed by atoms with E-state index in [0.717, 1.165) is 11.4 Å². The lowest BCUT2D eigenvalue weighted by Gasteiger charge is -2.07. The summed E-state index contributed by atoms with van der Waals surface area (Å²) in [4.78, 5) is 16.4.